The van der Waals surface area contributed by atoms with Crippen molar-refractivity contribution in [2.75, 3.05) is 5.32 Å². The standard InChI is InChI=1S/C25H21ClN4O3/c26-22-7-3-4-8-23(22)29-24(31)13-14-25(32)30-28-16-18-9-11-21(12-10-18)33-17-20-6-2-1-5-19(20)15-27/h1-12,16H,13-14,17H2,(H,29,31)(H,30,32). The van der Waals surface area contributed by atoms with Gasteiger partial charge in [-0.05, 0) is 48.0 Å². The minimum Gasteiger partial charge on any atom is -0.489 e. The number of carbonyl (C=O) groups excluding carboxylic acids is 2. The summed E-state index contributed by atoms with van der Waals surface area (Å²) in [4.78, 5) is 23.9. The summed E-state index contributed by atoms with van der Waals surface area (Å²) >= 11 is 5.99. The lowest BCUT2D eigenvalue weighted by atomic mass is 10.1. The molecule has 0 aromatic heterocycles. The van der Waals surface area contributed by atoms with Crippen LogP contribution in [0.3, 0.4) is 0 Å². The Balaban J connectivity index is 1.40. The van der Waals surface area contributed by atoms with Crippen LogP contribution in [0.15, 0.2) is 77.9 Å². The van der Waals surface area contributed by atoms with Crippen LogP contribution in [0.25, 0.3) is 0 Å². The summed E-state index contributed by atoms with van der Waals surface area (Å²) in [5.74, 6) is -0.0413. The van der Waals surface area contributed by atoms with Gasteiger partial charge in [-0.25, -0.2) is 5.43 Å². The van der Waals surface area contributed by atoms with Gasteiger partial charge in [-0.1, -0.05) is 41.9 Å². The van der Waals surface area contributed by atoms with E-state index in [-0.39, 0.29) is 31.3 Å². The number of rotatable bonds is 9. The van der Waals surface area contributed by atoms with Crippen LogP contribution in [0, 0.1) is 11.3 Å². The normalized spacial score (nSPS) is 10.4. The third kappa shape index (κ3) is 7.49. The molecular weight excluding hydrogens is 440 g/mol. The smallest absolute Gasteiger partial charge is 0.240 e. The van der Waals surface area contributed by atoms with Crippen LogP contribution >= 0.6 is 11.6 Å². The van der Waals surface area contributed by atoms with Gasteiger partial charge in [0.1, 0.15) is 12.4 Å². The minimum atomic E-state index is -0.378. The van der Waals surface area contributed by atoms with Crippen LogP contribution in [-0.2, 0) is 16.2 Å². The maximum Gasteiger partial charge on any atom is 0.240 e. The second-order valence-electron chi connectivity index (χ2n) is 6.95. The van der Waals surface area contributed by atoms with Gasteiger partial charge >= 0.3 is 0 Å². The van der Waals surface area contributed by atoms with E-state index in [1.165, 1.54) is 6.21 Å². The van der Waals surface area contributed by atoms with E-state index in [1.807, 2.05) is 18.2 Å². The molecular formula is C25H21ClN4O3. The quantitative estimate of drug-likeness (QED) is 0.358. The van der Waals surface area contributed by atoms with Crippen molar-refractivity contribution in [2.45, 2.75) is 19.4 Å². The van der Waals surface area contributed by atoms with Gasteiger partial charge in [-0.3, -0.25) is 9.59 Å². The molecule has 7 nitrogen and oxygen atoms in total. The molecule has 0 saturated carbocycles. The fraction of sp³-hybridized carbons (Fsp3) is 0.120. The molecule has 0 spiro atoms. The Morgan fingerprint density at radius 2 is 1.67 bits per heavy atom. The molecule has 0 saturated heterocycles. The molecule has 0 heterocycles. The number of benzene rings is 3. The lowest BCUT2D eigenvalue weighted by Crippen LogP contribution is -2.20. The Morgan fingerprint density at radius 1 is 0.970 bits per heavy atom. The van der Waals surface area contributed by atoms with Crippen LogP contribution in [0.2, 0.25) is 5.02 Å². The Bertz CT molecular complexity index is 1190. The van der Waals surface area contributed by atoms with Crippen LogP contribution in [-0.4, -0.2) is 18.0 Å². The van der Waals surface area contributed by atoms with Crippen molar-refractivity contribution in [3.8, 4) is 11.8 Å². The Morgan fingerprint density at radius 3 is 2.42 bits per heavy atom. The highest BCUT2D eigenvalue weighted by molar-refractivity contribution is 6.33. The van der Waals surface area contributed by atoms with Crippen LogP contribution in [0.1, 0.15) is 29.5 Å². The maximum atomic E-state index is 12.0. The number of hydrazone groups is 1. The van der Waals surface area contributed by atoms with Gasteiger partial charge in [0.05, 0.1) is 28.6 Å². The number of hydrogen-bond donors (Lipinski definition) is 2. The maximum absolute atomic E-state index is 12.0. The van der Waals surface area contributed by atoms with Gasteiger partial charge in [-0.15, -0.1) is 0 Å². The zero-order chi connectivity index (χ0) is 23.5. The third-order valence-electron chi connectivity index (χ3n) is 4.54. The van der Waals surface area contributed by atoms with Gasteiger partial charge in [0.15, 0.2) is 0 Å². The van der Waals surface area contributed by atoms with Crippen molar-refractivity contribution >= 4 is 35.3 Å². The molecule has 2 amide bonds. The number of ether oxygens (including phenoxy) is 1. The number of nitrogens with one attached hydrogen (secondary N) is 2. The Kier molecular flexibility index (Phi) is 8.57. The van der Waals surface area contributed by atoms with E-state index in [2.05, 4.69) is 21.9 Å². The van der Waals surface area contributed by atoms with Gasteiger partial charge in [0, 0.05) is 18.4 Å². The van der Waals surface area contributed by atoms with Gasteiger partial charge in [0.25, 0.3) is 0 Å². The lowest BCUT2D eigenvalue weighted by Gasteiger charge is -2.07. The average Bonchev–Trinajstić information content (AvgIpc) is 2.84. The first-order valence-corrected chi connectivity index (χ1v) is 10.5. The lowest BCUT2D eigenvalue weighted by molar-refractivity contribution is -0.124. The fourth-order valence-corrected chi connectivity index (χ4v) is 2.99. The highest BCUT2D eigenvalue weighted by Gasteiger charge is 2.08. The highest BCUT2D eigenvalue weighted by Crippen LogP contribution is 2.20. The minimum absolute atomic E-state index is 0.00748. The predicted molar refractivity (Wildman–Crippen MR) is 127 cm³/mol. The number of para-hydroxylation sites is 1. The third-order valence-corrected chi connectivity index (χ3v) is 4.87. The molecule has 3 aromatic carbocycles. The van der Waals surface area contributed by atoms with E-state index in [0.29, 0.717) is 22.0 Å². The van der Waals surface area contributed by atoms with E-state index in [0.717, 1.165) is 11.1 Å². The predicted octanol–water partition coefficient (Wildman–Crippen LogP) is 4.66. The molecule has 3 aromatic rings. The summed E-state index contributed by atoms with van der Waals surface area (Å²) in [7, 11) is 0. The number of halogens is 1. The highest BCUT2D eigenvalue weighted by atomic mass is 35.5. The SMILES string of the molecule is N#Cc1ccccc1COc1ccc(C=NNC(=O)CCC(=O)Nc2ccccc2Cl)cc1. The first kappa shape index (κ1) is 23.5. The van der Waals surface area contributed by atoms with Crippen molar-refractivity contribution in [1.29, 1.82) is 5.26 Å². The van der Waals surface area contributed by atoms with E-state index < -0.39 is 0 Å². The zero-order valence-electron chi connectivity index (χ0n) is 17.6. The monoisotopic (exact) mass is 460 g/mol. The zero-order valence-corrected chi connectivity index (χ0v) is 18.4. The molecule has 3 rings (SSSR count). The fourth-order valence-electron chi connectivity index (χ4n) is 2.80. The van der Waals surface area contributed by atoms with E-state index >= 15 is 0 Å². The van der Waals surface area contributed by atoms with E-state index in [4.69, 9.17) is 21.6 Å². The summed E-state index contributed by atoms with van der Waals surface area (Å²) in [6.45, 7) is 0.289. The molecule has 166 valence electrons. The molecule has 0 aliphatic carbocycles. The largest absolute Gasteiger partial charge is 0.489 e. The molecule has 33 heavy (non-hydrogen) atoms. The van der Waals surface area contributed by atoms with Gasteiger partial charge < -0.3 is 10.1 Å². The molecule has 0 unspecified atom stereocenters. The topological polar surface area (TPSA) is 104 Å². The molecule has 0 aliphatic rings. The number of anilines is 1. The van der Waals surface area contributed by atoms with E-state index in [9.17, 15) is 9.59 Å². The summed E-state index contributed by atoms with van der Waals surface area (Å²) < 4.78 is 5.73. The van der Waals surface area contributed by atoms with Crippen LogP contribution in [0.5, 0.6) is 5.75 Å². The van der Waals surface area contributed by atoms with Crippen LogP contribution in [0.4, 0.5) is 5.69 Å². The summed E-state index contributed by atoms with van der Waals surface area (Å²) in [6, 6.07) is 23.4. The molecule has 0 aliphatic heterocycles. The van der Waals surface area contributed by atoms with Crippen molar-refractivity contribution in [2.24, 2.45) is 5.10 Å². The first-order valence-electron chi connectivity index (χ1n) is 10.1. The number of hydrogen-bond acceptors (Lipinski definition) is 5. The number of nitrogens with zero attached hydrogens (tertiary/aromatic N) is 2. The molecule has 2 N–H and O–H groups in total. The molecule has 0 fully saturated rings. The molecule has 0 radical (unpaired) electrons. The van der Waals surface area contributed by atoms with Gasteiger partial charge in [0.2, 0.25) is 11.8 Å². The molecule has 8 heteroatoms. The van der Waals surface area contributed by atoms with Crippen molar-refractivity contribution in [3.63, 3.8) is 0 Å². The Labute approximate surface area is 196 Å². The average molecular weight is 461 g/mol. The van der Waals surface area contributed by atoms with Crippen molar-refractivity contribution < 1.29 is 14.3 Å². The number of carbonyl (C=O) groups is 2. The van der Waals surface area contributed by atoms with Crippen LogP contribution < -0.4 is 15.5 Å². The number of amides is 2. The van der Waals surface area contributed by atoms with Gasteiger partial charge in [-0.2, -0.15) is 10.4 Å². The molecule has 0 atom stereocenters. The first-order chi connectivity index (χ1) is 16.0. The second-order valence-corrected chi connectivity index (χ2v) is 7.36. The van der Waals surface area contributed by atoms with Crippen molar-refractivity contribution in [3.05, 3.63) is 94.5 Å². The second kappa shape index (κ2) is 12.0. The molecule has 0 bridgehead atoms. The van der Waals surface area contributed by atoms with Crippen molar-refractivity contribution in [1.82, 2.24) is 5.43 Å². The number of nitriles is 1. The summed E-state index contributed by atoms with van der Waals surface area (Å²) in [6.07, 6.45) is 1.49. The summed E-state index contributed by atoms with van der Waals surface area (Å²) in [5.41, 5.74) is 5.06. The van der Waals surface area contributed by atoms with E-state index in [1.54, 1.807) is 54.6 Å². The Hall–Kier alpha value is -4.15. The summed E-state index contributed by atoms with van der Waals surface area (Å²) in [5, 5.41) is 16.1.